The fourth-order valence-corrected chi connectivity index (χ4v) is 3.69. The van der Waals surface area contributed by atoms with Crippen molar-refractivity contribution in [2.24, 2.45) is 0 Å². The van der Waals surface area contributed by atoms with E-state index < -0.39 is 17.4 Å². The third-order valence-corrected chi connectivity index (χ3v) is 5.23. The summed E-state index contributed by atoms with van der Waals surface area (Å²) in [7, 11) is 0. The van der Waals surface area contributed by atoms with Crippen LogP contribution in [0.1, 0.15) is 17.4 Å². The monoisotopic (exact) mass is 469 g/mol. The number of ether oxygens (including phenoxy) is 1. The van der Waals surface area contributed by atoms with E-state index in [1.807, 2.05) is 0 Å². The number of carbonyl (C=O) groups is 2. The summed E-state index contributed by atoms with van der Waals surface area (Å²) < 4.78 is 7.01. The first-order valence-electron chi connectivity index (χ1n) is 7.79. The second-order valence-electron chi connectivity index (χ2n) is 5.30. The summed E-state index contributed by atoms with van der Waals surface area (Å²) in [4.78, 5) is 37.1. The van der Waals surface area contributed by atoms with Crippen molar-refractivity contribution in [1.82, 2.24) is 9.78 Å². The average Bonchev–Trinajstić information content (AvgIpc) is 3.07. The lowest BCUT2D eigenvalue weighted by Gasteiger charge is -2.10. The molecule has 0 aliphatic carbocycles. The number of benzene rings is 1. The Labute approximate surface area is 171 Å². The third-order valence-electron chi connectivity index (χ3n) is 3.57. The molecule has 0 aliphatic rings. The molecule has 0 saturated heterocycles. The quantitative estimate of drug-likeness (QED) is 0.455. The lowest BCUT2D eigenvalue weighted by atomic mass is 10.2. The zero-order chi connectivity index (χ0) is 19.6. The van der Waals surface area contributed by atoms with Crippen molar-refractivity contribution < 1.29 is 14.3 Å². The number of carbonyl (C=O) groups excluding carboxylic acids is 2. The largest absolute Gasteiger partial charge is 0.461 e. The van der Waals surface area contributed by atoms with Gasteiger partial charge >= 0.3 is 5.97 Å². The molecular formula is C17H13BrClN3O4S. The van der Waals surface area contributed by atoms with Crippen molar-refractivity contribution in [2.75, 3.05) is 17.8 Å². The van der Waals surface area contributed by atoms with Crippen molar-refractivity contribution in [3.8, 4) is 5.69 Å². The van der Waals surface area contributed by atoms with Gasteiger partial charge in [-0.05, 0) is 31.2 Å². The molecule has 1 aromatic carbocycles. The van der Waals surface area contributed by atoms with Gasteiger partial charge in [0.15, 0.2) is 5.69 Å². The van der Waals surface area contributed by atoms with Gasteiger partial charge in [0.05, 0.1) is 17.7 Å². The molecule has 1 N–H and O–H groups in total. The van der Waals surface area contributed by atoms with E-state index in [1.54, 1.807) is 36.6 Å². The van der Waals surface area contributed by atoms with Crippen molar-refractivity contribution in [1.29, 1.82) is 0 Å². The fourth-order valence-electron chi connectivity index (χ4n) is 2.41. The predicted molar refractivity (Wildman–Crippen MR) is 108 cm³/mol. The van der Waals surface area contributed by atoms with Crippen LogP contribution in [-0.2, 0) is 9.53 Å². The van der Waals surface area contributed by atoms with Crippen molar-refractivity contribution >= 4 is 66.5 Å². The molecular weight excluding hydrogens is 458 g/mol. The molecule has 0 spiro atoms. The van der Waals surface area contributed by atoms with E-state index in [2.05, 4.69) is 26.3 Å². The number of rotatable bonds is 5. The highest BCUT2D eigenvalue weighted by Crippen LogP contribution is 2.30. The van der Waals surface area contributed by atoms with Gasteiger partial charge in [-0.2, -0.15) is 9.78 Å². The zero-order valence-electron chi connectivity index (χ0n) is 14.0. The Hall–Kier alpha value is -2.23. The van der Waals surface area contributed by atoms with Gasteiger partial charge in [0.25, 0.3) is 5.56 Å². The SMILES string of the molecule is CCOC(=O)c1nn(-c2ccc(Br)cc2)c(=O)c2c(NC(=O)CCl)scc12. The van der Waals surface area contributed by atoms with Crippen molar-refractivity contribution in [2.45, 2.75) is 6.92 Å². The number of hydrogen-bond acceptors (Lipinski definition) is 6. The van der Waals surface area contributed by atoms with Crippen LogP contribution in [-0.4, -0.2) is 34.1 Å². The summed E-state index contributed by atoms with van der Waals surface area (Å²) >= 11 is 10.00. The van der Waals surface area contributed by atoms with Gasteiger partial charge in [0.2, 0.25) is 5.91 Å². The third kappa shape index (κ3) is 3.90. The minimum absolute atomic E-state index is 0.00279. The van der Waals surface area contributed by atoms with E-state index in [1.165, 1.54) is 0 Å². The summed E-state index contributed by atoms with van der Waals surface area (Å²) in [6.45, 7) is 1.85. The van der Waals surface area contributed by atoms with Gasteiger partial charge in [-0.1, -0.05) is 15.9 Å². The van der Waals surface area contributed by atoms with Gasteiger partial charge in [-0.3, -0.25) is 9.59 Å². The van der Waals surface area contributed by atoms with Gasteiger partial charge in [0.1, 0.15) is 10.9 Å². The highest BCUT2D eigenvalue weighted by molar-refractivity contribution is 9.10. The molecule has 140 valence electrons. The summed E-state index contributed by atoms with van der Waals surface area (Å²) in [5.74, 6) is -1.36. The molecule has 0 fully saturated rings. The Bertz CT molecular complexity index is 1080. The lowest BCUT2D eigenvalue weighted by Crippen LogP contribution is -2.25. The number of hydrogen-bond donors (Lipinski definition) is 1. The van der Waals surface area contributed by atoms with Crippen LogP contribution in [0.5, 0.6) is 0 Å². The molecule has 1 amide bonds. The Kier molecular flexibility index (Phi) is 5.93. The number of nitrogens with zero attached hydrogens (tertiary/aromatic N) is 2. The first-order chi connectivity index (χ1) is 13.0. The Balaban J connectivity index is 2.29. The second-order valence-corrected chi connectivity index (χ2v) is 7.36. The fraction of sp³-hybridized carbons (Fsp3) is 0.176. The predicted octanol–water partition coefficient (Wildman–Crippen LogP) is 3.56. The zero-order valence-corrected chi connectivity index (χ0v) is 17.2. The molecule has 0 radical (unpaired) electrons. The van der Waals surface area contributed by atoms with Gasteiger partial charge in [0, 0.05) is 15.2 Å². The number of thiophene rings is 1. The maximum atomic E-state index is 13.1. The molecule has 0 saturated carbocycles. The van der Waals surface area contributed by atoms with Gasteiger partial charge < -0.3 is 10.1 Å². The minimum Gasteiger partial charge on any atom is -0.461 e. The standard InChI is InChI=1S/C17H13BrClN3O4S/c1-2-26-17(25)14-11-8-27-15(20-12(23)7-19)13(11)16(24)22(21-14)10-5-3-9(18)4-6-10/h3-6,8H,2,7H2,1H3,(H,20,23). The Morgan fingerprint density at radius 1 is 1.33 bits per heavy atom. The highest BCUT2D eigenvalue weighted by atomic mass is 79.9. The smallest absolute Gasteiger partial charge is 0.359 e. The van der Waals surface area contributed by atoms with E-state index >= 15 is 0 Å². The number of aromatic nitrogens is 2. The summed E-state index contributed by atoms with van der Waals surface area (Å²) in [6, 6.07) is 6.87. The van der Waals surface area contributed by atoms with Crippen LogP contribution in [0.2, 0.25) is 0 Å². The first-order valence-corrected chi connectivity index (χ1v) is 10.00. The van der Waals surface area contributed by atoms with E-state index in [4.69, 9.17) is 16.3 Å². The van der Waals surface area contributed by atoms with Crippen LogP contribution >= 0.6 is 38.9 Å². The molecule has 27 heavy (non-hydrogen) atoms. The molecule has 7 nitrogen and oxygen atoms in total. The van der Waals surface area contributed by atoms with Crippen LogP contribution in [0, 0.1) is 0 Å². The van der Waals surface area contributed by atoms with E-state index in [9.17, 15) is 14.4 Å². The van der Waals surface area contributed by atoms with E-state index in [-0.39, 0.29) is 23.6 Å². The number of fused-ring (bicyclic) bond motifs is 1. The minimum atomic E-state index is -0.651. The molecule has 10 heteroatoms. The molecule has 2 aromatic heterocycles. The van der Waals surface area contributed by atoms with Crippen LogP contribution in [0.3, 0.4) is 0 Å². The van der Waals surface area contributed by atoms with Crippen LogP contribution in [0.4, 0.5) is 5.00 Å². The van der Waals surface area contributed by atoms with Gasteiger partial charge in [-0.15, -0.1) is 22.9 Å². The van der Waals surface area contributed by atoms with Crippen LogP contribution in [0.25, 0.3) is 16.5 Å². The van der Waals surface area contributed by atoms with Crippen molar-refractivity contribution in [3.05, 3.63) is 50.2 Å². The van der Waals surface area contributed by atoms with Crippen LogP contribution in [0.15, 0.2) is 38.9 Å². The number of amides is 1. The molecule has 0 bridgehead atoms. The molecule has 2 heterocycles. The number of nitrogens with one attached hydrogen (secondary N) is 1. The lowest BCUT2D eigenvalue weighted by molar-refractivity contribution is -0.113. The van der Waals surface area contributed by atoms with Crippen LogP contribution < -0.4 is 10.9 Å². The number of alkyl halides is 1. The highest BCUT2D eigenvalue weighted by Gasteiger charge is 2.23. The molecule has 0 atom stereocenters. The molecule has 0 aliphatic heterocycles. The Morgan fingerprint density at radius 3 is 2.67 bits per heavy atom. The first kappa shape index (κ1) is 19.5. The average molecular weight is 471 g/mol. The number of halogens is 2. The second kappa shape index (κ2) is 8.20. The van der Waals surface area contributed by atoms with Gasteiger partial charge in [-0.25, -0.2) is 4.79 Å². The summed E-state index contributed by atoms with van der Waals surface area (Å²) in [5.41, 5.74) is -0.0000436. The molecule has 0 unspecified atom stereocenters. The molecule has 3 aromatic rings. The Morgan fingerprint density at radius 2 is 2.04 bits per heavy atom. The topological polar surface area (TPSA) is 90.3 Å². The van der Waals surface area contributed by atoms with E-state index in [0.717, 1.165) is 20.5 Å². The normalized spacial score (nSPS) is 10.8. The van der Waals surface area contributed by atoms with E-state index in [0.29, 0.717) is 16.1 Å². The number of anilines is 1. The maximum Gasteiger partial charge on any atom is 0.359 e. The number of esters is 1. The summed E-state index contributed by atoms with van der Waals surface area (Å²) in [6.07, 6.45) is 0. The molecule has 3 rings (SSSR count). The van der Waals surface area contributed by atoms with Crippen molar-refractivity contribution in [3.63, 3.8) is 0 Å². The summed E-state index contributed by atoms with van der Waals surface area (Å²) in [5, 5.41) is 9.20. The maximum absolute atomic E-state index is 13.1.